The van der Waals surface area contributed by atoms with Crippen molar-refractivity contribution in [2.75, 3.05) is 13.1 Å². The number of rotatable bonds is 10. The van der Waals surface area contributed by atoms with Crippen molar-refractivity contribution in [3.8, 4) is 0 Å². The number of nitrogens with one attached hydrogen (secondary N) is 2. The minimum Gasteiger partial charge on any atom is -0.354 e. The molecule has 0 saturated carbocycles. The highest BCUT2D eigenvalue weighted by Gasteiger charge is 2.18. The predicted molar refractivity (Wildman–Crippen MR) is 78.7 cm³/mol. The lowest BCUT2D eigenvalue weighted by atomic mass is 9.87. The fourth-order valence-electron chi connectivity index (χ4n) is 1.75. The van der Waals surface area contributed by atoms with Crippen LogP contribution >= 0.6 is 0 Å². The molecule has 3 nitrogen and oxygen atoms in total. The van der Waals surface area contributed by atoms with E-state index in [9.17, 15) is 4.79 Å². The molecule has 0 saturated heterocycles. The lowest BCUT2D eigenvalue weighted by Gasteiger charge is -2.25. The Morgan fingerprint density at radius 2 is 1.89 bits per heavy atom. The quantitative estimate of drug-likeness (QED) is 0.590. The molecule has 0 aromatic heterocycles. The second kappa shape index (κ2) is 9.37. The lowest BCUT2D eigenvalue weighted by molar-refractivity contribution is -0.120. The Balaban J connectivity index is 3.75. The second-order valence-electron chi connectivity index (χ2n) is 6.09. The molecule has 108 valence electrons. The van der Waals surface area contributed by atoms with Crippen LogP contribution in [-0.4, -0.2) is 25.0 Å². The van der Waals surface area contributed by atoms with E-state index >= 15 is 0 Å². The van der Waals surface area contributed by atoms with E-state index in [1.165, 1.54) is 25.7 Å². The molecule has 0 radical (unpaired) electrons. The molecule has 1 amide bonds. The van der Waals surface area contributed by atoms with Crippen LogP contribution in [0.15, 0.2) is 0 Å². The van der Waals surface area contributed by atoms with E-state index in [-0.39, 0.29) is 11.3 Å². The molecule has 0 rings (SSSR count). The molecule has 1 unspecified atom stereocenters. The Morgan fingerprint density at radius 1 is 1.22 bits per heavy atom. The van der Waals surface area contributed by atoms with E-state index < -0.39 is 0 Å². The molecular formula is C15H32N2O. The van der Waals surface area contributed by atoms with Crippen LogP contribution in [-0.2, 0) is 4.79 Å². The van der Waals surface area contributed by atoms with E-state index in [1.54, 1.807) is 0 Å². The zero-order valence-corrected chi connectivity index (χ0v) is 12.9. The highest BCUT2D eigenvalue weighted by molar-refractivity contribution is 5.78. The summed E-state index contributed by atoms with van der Waals surface area (Å²) in [5.41, 5.74) is 0.210. The van der Waals surface area contributed by atoms with E-state index in [4.69, 9.17) is 0 Å². The average Bonchev–Trinajstić information content (AvgIpc) is 2.33. The molecular weight excluding hydrogens is 224 g/mol. The highest BCUT2D eigenvalue weighted by Crippen LogP contribution is 2.22. The summed E-state index contributed by atoms with van der Waals surface area (Å²) in [6, 6.07) is 0.410. The summed E-state index contributed by atoms with van der Waals surface area (Å²) in [4.78, 5) is 11.7. The predicted octanol–water partition coefficient (Wildman–Crippen LogP) is 3.10. The number of carbonyl (C=O) groups excluding carboxylic acids is 1. The molecule has 0 heterocycles. The third-order valence-electron chi connectivity index (χ3n) is 3.44. The van der Waals surface area contributed by atoms with Gasteiger partial charge in [0.15, 0.2) is 0 Å². The monoisotopic (exact) mass is 256 g/mol. The van der Waals surface area contributed by atoms with Gasteiger partial charge in [-0.1, -0.05) is 47.0 Å². The van der Waals surface area contributed by atoms with Crippen molar-refractivity contribution in [2.45, 2.75) is 72.8 Å². The molecule has 0 aliphatic heterocycles. The van der Waals surface area contributed by atoms with E-state index in [0.29, 0.717) is 12.6 Å². The van der Waals surface area contributed by atoms with Crippen molar-refractivity contribution in [2.24, 2.45) is 5.41 Å². The van der Waals surface area contributed by atoms with E-state index in [0.717, 1.165) is 13.0 Å². The van der Waals surface area contributed by atoms with Crippen LogP contribution in [0.2, 0.25) is 0 Å². The summed E-state index contributed by atoms with van der Waals surface area (Å²) in [6.45, 7) is 12.1. The summed E-state index contributed by atoms with van der Waals surface area (Å²) in [5.74, 6) is 0.110. The number of amides is 1. The van der Waals surface area contributed by atoms with Gasteiger partial charge in [-0.2, -0.15) is 0 Å². The SMILES string of the molecule is CCCCCC(C)(C)CNC(=O)CNC(C)CC. The summed E-state index contributed by atoms with van der Waals surface area (Å²) in [5, 5.41) is 6.24. The van der Waals surface area contributed by atoms with Gasteiger partial charge in [0, 0.05) is 12.6 Å². The molecule has 18 heavy (non-hydrogen) atoms. The van der Waals surface area contributed by atoms with Gasteiger partial charge in [-0.15, -0.1) is 0 Å². The first-order valence-electron chi connectivity index (χ1n) is 7.41. The Morgan fingerprint density at radius 3 is 2.44 bits per heavy atom. The van der Waals surface area contributed by atoms with Crippen molar-refractivity contribution in [1.29, 1.82) is 0 Å². The van der Waals surface area contributed by atoms with Crippen molar-refractivity contribution in [3.63, 3.8) is 0 Å². The molecule has 0 aliphatic rings. The summed E-state index contributed by atoms with van der Waals surface area (Å²) < 4.78 is 0. The Labute approximate surface area is 113 Å². The minimum atomic E-state index is 0.110. The molecule has 3 heteroatoms. The van der Waals surface area contributed by atoms with E-state index in [2.05, 4.69) is 45.3 Å². The van der Waals surface area contributed by atoms with Gasteiger partial charge in [0.05, 0.1) is 6.54 Å². The molecule has 0 aromatic rings. The maximum atomic E-state index is 11.7. The van der Waals surface area contributed by atoms with Crippen LogP contribution in [0, 0.1) is 5.41 Å². The first-order valence-corrected chi connectivity index (χ1v) is 7.41. The first kappa shape index (κ1) is 17.4. The summed E-state index contributed by atoms with van der Waals surface area (Å²) in [6.07, 6.45) is 6.02. The van der Waals surface area contributed by atoms with Gasteiger partial charge < -0.3 is 10.6 Å². The van der Waals surface area contributed by atoms with Crippen LogP contribution in [0.3, 0.4) is 0 Å². The van der Waals surface area contributed by atoms with Crippen molar-refractivity contribution < 1.29 is 4.79 Å². The number of carbonyl (C=O) groups is 1. The van der Waals surface area contributed by atoms with E-state index in [1.807, 2.05) is 0 Å². The molecule has 2 N–H and O–H groups in total. The second-order valence-corrected chi connectivity index (χ2v) is 6.09. The fraction of sp³-hybridized carbons (Fsp3) is 0.933. The Bertz CT molecular complexity index is 227. The van der Waals surface area contributed by atoms with Gasteiger partial charge in [-0.25, -0.2) is 0 Å². The topological polar surface area (TPSA) is 41.1 Å². The molecule has 0 fully saturated rings. The highest BCUT2D eigenvalue weighted by atomic mass is 16.1. The van der Waals surface area contributed by atoms with Gasteiger partial charge in [0.2, 0.25) is 5.91 Å². The van der Waals surface area contributed by atoms with Crippen molar-refractivity contribution in [3.05, 3.63) is 0 Å². The normalized spacial score (nSPS) is 13.4. The van der Waals surface area contributed by atoms with Gasteiger partial charge >= 0.3 is 0 Å². The summed E-state index contributed by atoms with van der Waals surface area (Å²) in [7, 11) is 0. The Kier molecular flexibility index (Phi) is 9.08. The smallest absolute Gasteiger partial charge is 0.233 e. The largest absolute Gasteiger partial charge is 0.354 e. The molecule has 0 aromatic carbocycles. The molecule has 1 atom stereocenters. The third-order valence-corrected chi connectivity index (χ3v) is 3.44. The molecule has 0 bridgehead atoms. The maximum absolute atomic E-state index is 11.7. The lowest BCUT2D eigenvalue weighted by Crippen LogP contribution is -2.41. The number of hydrogen-bond donors (Lipinski definition) is 2. The molecule has 0 spiro atoms. The van der Waals surface area contributed by atoms with Gasteiger partial charge in [-0.3, -0.25) is 4.79 Å². The summed E-state index contributed by atoms with van der Waals surface area (Å²) >= 11 is 0. The number of unbranched alkanes of at least 4 members (excludes halogenated alkanes) is 2. The van der Waals surface area contributed by atoms with Crippen LogP contribution in [0.25, 0.3) is 0 Å². The van der Waals surface area contributed by atoms with Crippen LogP contribution < -0.4 is 10.6 Å². The van der Waals surface area contributed by atoms with Crippen molar-refractivity contribution >= 4 is 5.91 Å². The standard InChI is InChI=1S/C15H32N2O/c1-6-8-9-10-15(4,5)12-17-14(18)11-16-13(3)7-2/h13,16H,6-12H2,1-5H3,(H,17,18). The Hall–Kier alpha value is -0.570. The zero-order chi connectivity index (χ0) is 14.0. The van der Waals surface area contributed by atoms with Crippen LogP contribution in [0.4, 0.5) is 0 Å². The average molecular weight is 256 g/mol. The van der Waals surface area contributed by atoms with Crippen molar-refractivity contribution in [1.82, 2.24) is 10.6 Å². The first-order chi connectivity index (χ1) is 8.41. The van der Waals surface area contributed by atoms with Gasteiger partial charge in [0.25, 0.3) is 0 Å². The van der Waals surface area contributed by atoms with Gasteiger partial charge in [-0.05, 0) is 25.2 Å². The third kappa shape index (κ3) is 9.46. The van der Waals surface area contributed by atoms with Crippen LogP contribution in [0.5, 0.6) is 0 Å². The van der Waals surface area contributed by atoms with Gasteiger partial charge in [0.1, 0.15) is 0 Å². The fourth-order valence-corrected chi connectivity index (χ4v) is 1.75. The van der Waals surface area contributed by atoms with Crippen LogP contribution in [0.1, 0.15) is 66.7 Å². The number of hydrogen-bond acceptors (Lipinski definition) is 2. The maximum Gasteiger partial charge on any atom is 0.233 e. The minimum absolute atomic E-state index is 0.110. The molecule has 0 aliphatic carbocycles. The zero-order valence-electron chi connectivity index (χ0n) is 12.9.